The van der Waals surface area contributed by atoms with Crippen LogP contribution in [-0.4, -0.2) is 148 Å². The molecule has 15 nitrogen and oxygen atoms in total. The minimum atomic E-state index is -1.14. The molecule has 1 saturated carbocycles. The molecule has 6 aliphatic rings. The summed E-state index contributed by atoms with van der Waals surface area (Å²) in [6.45, 7) is 7.32. The third kappa shape index (κ3) is 11.7. The fourth-order valence-electron chi connectivity index (χ4n) is 13.9. The van der Waals surface area contributed by atoms with Gasteiger partial charge in [-0.05, 0) is 148 Å². The van der Waals surface area contributed by atoms with Crippen molar-refractivity contribution in [1.82, 2.24) is 30.2 Å². The number of rotatable bonds is 8. The minimum Gasteiger partial charge on any atom is -0.508 e. The number of aromatic hydroxyl groups is 2. The highest BCUT2D eigenvalue weighted by molar-refractivity contribution is 6.05. The largest absolute Gasteiger partial charge is 0.508 e. The fourth-order valence-corrected chi connectivity index (χ4v) is 13.9. The Morgan fingerprint density at radius 2 is 1.44 bits per heavy atom. The van der Waals surface area contributed by atoms with Gasteiger partial charge in [-0.25, -0.2) is 17.6 Å². The topological polar surface area (TPSA) is 182 Å². The van der Waals surface area contributed by atoms with Gasteiger partial charge in [0.25, 0.3) is 0 Å². The number of methoxy groups -OCH3 is 1. The predicted octanol–water partition coefficient (Wildman–Crippen LogP) is 10.8. The van der Waals surface area contributed by atoms with Crippen molar-refractivity contribution < 1.29 is 52.2 Å². The van der Waals surface area contributed by atoms with Crippen molar-refractivity contribution in [2.45, 2.75) is 101 Å². The van der Waals surface area contributed by atoms with E-state index in [4.69, 9.17) is 25.6 Å². The van der Waals surface area contributed by atoms with Crippen molar-refractivity contribution in [3.8, 4) is 58.1 Å². The summed E-state index contributed by atoms with van der Waals surface area (Å²) in [7, 11) is 1.37. The number of alkyl halides is 1. The second kappa shape index (κ2) is 24.0. The number of aliphatic hydroxyl groups is 2. The van der Waals surface area contributed by atoms with E-state index in [1.807, 2.05) is 35.2 Å². The van der Waals surface area contributed by atoms with Gasteiger partial charge < -0.3 is 49.8 Å². The number of phenols is 2. The van der Waals surface area contributed by atoms with Crippen molar-refractivity contribution in [2.75, 3.05) is 82.5 Å². The van der Waals surface area contributed by atoms with E-state index >= 15 is 8.78 Å². The third-order valence-corrected chi connectivity index (χ3v) is 17.9. The number of fused-ring (bicyclic) bond motifs is 6. The number of ether oxygens (including phenoxy) is 3. The number of phenolic OH excluding ortho intramolecular Hbond substituents is 2. The highest BCUT2D eigenvalue weighted by Gasteiger charge is 2.45. The standard InChI is InChI=1S/C32H35FN4O3.C27H23F2N3O4.C7H12FN/c33-28-24(26-17-22(39)16-20-6-1-2-8-23(20)26)10-11-25-29(28)35-31(36-30(25)37-15-4-7-21(38)18-37)40-19-32-12-3-9-27(32)34-14-5-13-32;1-4-17-21(28)8-5-15-11-16(33)12-20(22(15)17)18-6-7-19-24(23(18)29)30-26(35-3)31-25(19)32-9-10-36-14-27(2,34)13-32;8-6-4-7-2-1-3-9(7)5-6/h1-2,6,8,10-11,16-17,21,27,34,38-39H,3-5,7,9,12-15,18-19H2;1,5-8,11-12,33-34H,9-10,13-14H2,2-3H3;6-7H,1-5H2. The molecular weight excluding hydrogens is 1090 g/mol. The van der Waals surface area contributed by atoms with Crippen LogP contribution in [-0.2, 0) is 4.74 Å². The van der Waals surface area contributed by atoms with Crippen LogP contribution in [0.25, 0.3) is 65.6 Å². The molecule has 444 valence electrons. The number of aromatic nitrogens is 4. The zero-order chi connectivity index (χ0) is 59.1. The van der Waals surface area contributed by atoms with Crippen LogP contribution < -0.4 is 24.6 Å². The molecule has 7 heterocycles. The van der Waals surface area contributed by atoms with Gasteiger partial charge in [0.1, 0.15) is 51.8 Å². The van der Waals surface area contributed by atoms with Gasteiger partial charge in [-0.3, -0.25) is 4.90 Å². The average molecular weight is 1160 g/mol. The summed E-state index contributed by atoms with van der Waals surface area (Å²) < 4.78 is 77.0. The van der Waals surface area contributed by atoms with Crippen molar-refractivity contribution in [3.63, 3.8) is 0 Å². The van der Waals surface area contributed by atoms with Crippen molar-refractivity contribution in [1.29, 1.82) is 0 Å². The molecule has 19 heteroatoms. The number of benzene rings is 6. The molecule has 1 aliphatic carbocycles. The van der Waals surface area contributed by atoms with Crippen LogP contribution in [0.5, 0.6) is 23.5 Å². The lowest BCUT2D eigenvalue weighted by Crippen LogP contribution is -2.49. The number of halogens is 4. The van der Waals surface area contributed by atoms with Crippen LogP contribution in [0.4, 0.5) is 29.2 Å². The smallest absolute Gasteiger partial charge is 0.319 e. The van der Waals surface area contributed by atoms with Crippen LogP contribution >= 0.6 is 0 Å². The van der Waals surface area contributed by atoms with E-state index in [-0.39, 0.29) is 69.8 Å². The Bertz CT molecular complexity index is 3860. The molecule has 14 rings (SSSR count). The van der Waals surface area contributed by atoms with Crippen molar-refractivity contribution in [2.24, 2.45) is 5.41 Å². The Morgan fingerprint density at radius 1 is 0.741 bits per heavy atom. The molecule has 5 saturated heterocycles. The zero-order valence-corrected chi connectivity index (χ0v) is 47.8. The predicted molar refractivity (Wildman–Crippen MR) is 321 cm³/mol. The highest BCUT2D eigenvalue weighted by atomic mass is 19.1. The maximum absolute atomic E-state index is 16.5. The van der Waals surface area contributed by atoms with E-state index in [2.05, 4.69) is 31.1 Å². The number of nitrogens with one attached hydrogen (secondary N) is 1. The molecule has 0 amide bonds. The van der Waals surface area contributed by atoms with Gasteiger partial charge in [-0.1, -0.05) is 54.8 Å². The molecule has 5 N–H and O–H groups in total. The minimum absolute atomic E-state index is 0.0326. The van der Waals surface area contributed by atoms with Gasteiger partial charge in [0.05, 0.1) is 45.1 Å². The number of hydrogen-bond acceptors (Lipinski definition) is 15. The molecule has 0 spiro atoms. The summed E-state index contributed by atoms with van der Waals surface area (Å²) in [5, 5.41) is 48.9. The van der Waals surface area contributed by atoms with E-state index < -0.39 is 35.3 Å². The van der Waals surface area contributed by atoms with Crippen LogP contribution in [0.1, 0.15) is 76.7 Å². The molecule has 6 aromatic carbocycles. The van der Waals surface area contributed by atoms with Gasteiger partial charge in [-0.15, -0.1) is 6.42 Å². The van der Waals surface area contributed by atoms with E-state index in [1.54, 1.807) is 36.1 Å². The highest BCUT2D eigenvalue weighted by Crippen LogP contribution is 2.46. The molecule has 6 fully saturated rings. The molecule has 85 heavy (non-hydrogen) atoms. The molecule has 8 aromatic rings. The summed E-state index contributed by atoms with van der Waals surface area (Å²) >= 11 is 0. The monoisotopic (exact) mass is 1160 g/mol. The maximum atomic E-state index is 16.5. The Kier molecular flexibility index (Phi) is 16.4. The lowest BCUT2D eigenvalue weighted by Gasteiger charge is -2.39. The summed E-state index contributed by atoms with van der Waals surface area (Å²) in [6.07, 6.45) is 15.1. The first-order valence-corrected chi connectivity index (χ1v) is 29.5. The lowest BCUT2D eigenvalue weighted by molar-refractivity contribution is -0.0123. The van der Waals surface area contributed by atoms with Gasteiger partial charge >= 0.3 is 12.0 Å². The first kappa shape index (κ1) is 57.8. The Balaban J connectivity index is 0.000000145. The molecule has 2 aromatic heterocycles. The SMILES string of the molecule is C#Cc1c(F)ccc2cc(O)cc(-c3ccc4c(N5CCOCC(C)(O)C5)nc(OC)nc4c3F)c12.FC1CC2CCCN2C1.Oc1cc(-c2ccc3c(N4CCCC(O)C4)nc(OCC45CCCNC4CCC5)nc3c2F)c2ccccc2c1. The zero-order valence-electron chi connectivity index (χ0n) is 47.8. The maximum Gasteiger partial charge on any atom is 0.319 e. The number of piperidine rings is 2. The van der Waals surface area contributed by atoms with Crippen LogP contribution in [0, 0.1) is 35.2 Å². The normalized spacial score (nSPS) is 24.1. The first-order chi connectivity index (χ1) is 41.1. The quantitative estimate of drug-likeness (QED) is 0.0715. The van der Waals surface area contributed by atoms with Gasteiger partial charge in [0, 0.05) is 71.0 Å². The van der Waals surface area contributed by atoms with E-state index in [0.29, 0.717) is 89.2 Å². The average Bonchev–Trinajstić information content (AvgIpc) is 3.45. The van der Waals surface area contributed by atoms with Gasteiger partial charge in [-0.2, -0.15) is 19.9 Å². The van der Waals surface area contributed by atoms with E-state index in [1.165, 1.54) is 56.7 Å². The van der Waals surface area contributed by atoms with Crippen LogP contribution in [0.2, 0.25) is 0 Å². The van der Waals surface area contributed by atoms with Crippen LogP contribution in [0.3, 0.4) is 0 Å². The molecular formula is C66H70F4N8O7. The van der Waals surface area contributed by atoms with Gasteiger partial charge in [0.15, 0.2) is 11.6 Å². The van der Waals surface area contributed by atoms with Crippen molar-refractivity contribution >= 4 is 55.0 Å². The van der Waals surface area contributed by atoms with E-state index in [0.717, 1.165) is 75.4 Å². The molecule has 5 aliphatic heterocycles. The summed E-state index contributed by atoms with van der Waals surface area (Å²) in [5.74, 6) is 1.45. The molecule has 6 atom stereocenters. The third-order valence-electron chi connectivity index (χ3n) is 17.9. The first-order valence-electron chi connectivity index (χ1n) is 29.5. The van der Waals surface area contributed by atoms with E-state index in [9.17, 15) is 29.2 Å². The summed E-state index contributed by atoms with van der Waals surface area (Å²) in [5.41, 5.74) is 0.294. The lowest BCUT2D eigenvalue weighted by atomic mass is 9.76. The second-order valence-electron chi connectivity index (χ2n) is 23.9. The Morgan fingerprint density at radius 3 is 2.19 bits per heavy atom. The van der Waals surface area contributed by atoms with Gasteiger partial charge in [0.2, 0.25) is 0 Å². The number of anilines is 2. The Hall–Kier alpha value is -7.60. The molecule has 0 radical (unpaired) electrons. The fraction of sp³-hybridized carbons (Fsp3) is 0.424. The molecule has 6 unspecified atom stereocenters. The Labute approximate surface area is 490 Å². The number of nitrogens with zero attached hydrogens (tertiary/aromatic N) is 7. The number of hydrogen-bond donors (Lipinski definition) is 5. The summed E-state index contributed by atoms with van der Waals surface area (Å²) in [6, 6.07) is 24.3. The van der Waals surface area contributed by atoms with Crippen LogP contribution in [0.15, 0.2) is 84.9 Å². The number of β-amino-alcohol motifs (C(OH)–C–C–N with tert-alkyl or cyclic N) is 2. The number of terminal acetylenes is 1. The number of aliphatic hydroxyl groups excluding tert-OH is 1. The van der Waals surface area contributed by atoms with Crippen molar-refractivity contribution in [3.05, 3.63) is 108 Å². The summed E-state index contributed by atoms with van der Waals surface area (Å²) in [4.78, 5) is 24.3. The molecule has 0 bridgehead atoms. The second-order valence-corrected chi connectivity index (χ2v) is 23.9.